The zero-order valence-corrected chi connectivity index (χ0v) is 16.3. The van der Waals surface area contributed by atoms with Crippen LogP contribution >= 0.6 is 0 Å². The van der Waals surface area contributed by atoms with Gasteiger partial charge in [-0.1, -0.05) is 19.9 Å². The van der Waals surface area contributed by atoms with Gasteiger partial charge in [0.15, 0.2) is 0 Å². The lowest BCUT2D eigenvalue weighted by Gasteiger charge is -2.53. The monoisotopic (exact) mass is 370 g/mol. The van der Waals surface area contributed by atoms with Gasteiger partial charge in [0.05, 0.1) is 35.6 Å². The van der Waals surface area contributed by atoms with E-state index >= 15 is 0 Å². The molecule has 6 heteroatoms. The highest BCUT2D eigenvalue weighted by atomic mass is 16.5. The van der Waals surface area contributed by atoms with E-state index in [2.05, 4.69) is 0 Å². The number of hydrogen-bond donors (Lipinski definition) is 5. The molecule has 3 aliphatic rings. The van der Waals surface area contributed by atoms with Gasteiger partial charge < -0.3 is 30.3 Å². The maximum Gasteiger partial charge on any atom is 0.109 e. The Morgan fingerprint density at radius 1 is 1.15 bits per heavy atom. The molecular formula is C20H34O6. The Morgan fingerprint density at radius 2 is 1.77 bits per heavy atom. The van der Waals surface area contributed by atoms with Gasteiger partial charge in [0, 0.05) is 11.8 Å². The molecule has 0 radical (unpaired) electrons. The van der Waals surface area contributed by atoms with Crippen molar-refractivity contribution in [3.8, 4) is 0 Å². The summed E-state index contributed by atoms with van der Waals surface area (Å²) in [6.07, 6.45) is -1.60. The predicted octanol–water partition coefficient (Wildman–Crippen LogP) is 0.597. The molecule has 10 atom stereocenters. The van der Waals surface area contributed by atoms with E-state index in [-0.39, 0.29) is 17.8 Å². The number of hydrogen-bond acceptors (Lipinski definition) is 6. The van der Waals surface area contributed by atoms with Gasteiger partial charge in [-0.25, -0.2) is 0 Å². The van der Waals surface area contributed by atoms with Crippen LogP contribution in [0.4, 0.5) is 0 Å². The topological polar surface area (TPSA) is 110 Å². The second-order valence-electron chi connectivity index (χ2n) is 9.43. The molecule has 1 saturated carbocycles. The second kappa shape index (κ2) is 6.54. The molecule has 10 unspecified atom stereocenters. The number of fused-ring (bicyclic) bond motifs is 5. The largest absolute Gasteiger partial charge is 0.390 e. The highest BCUT2D eigenvalue weighted by molar-refractivity contribution is 5.21. The van der Waals surface area contributed by atoms with Crippen molar-refractivity contribution < 1.29 is 30.3 Å². The van der Waals surface area contributed by atoms with E-state index in [0.29, 0.717) is 12.8 Å². The first-order valence-corrected chi connectivity index (χ1v) is 9.72. The fraction of sp³-hybridized carbons (Fsp3) is 0.900. The average Bonchev–Trinajstić information content (AvgIpc) is 2.91. The number of ether oxygens (including phenoxy) is 1. The normalized spacial score (nSPS) is 55.0. The summed E-state index contributed by atoms with van der Waals surface area (Å²) >= 11 is 0. The molecule has 0 aromatic rings. The van der Waals surface area contributed by atoms with Gasteiger partial charge in [0.2, 0.25) is 0 Å². The van der Waals surface area contributed by atoms with E-state index in [1.807, 2.05) is 26.8 Å². The molecular weight excluding hydrogens is 336 g/mol. The van der Waals surface area contributed by atoms with Crippen LogP contribution in [-0.2, 0) is 4.74 Å². The van der Waals surface area contributed by atoms with Crippen molar-refractivity contribution in [3.05, 3.63) is 11.6 Å². The van der Waals surface area contributed by atoms with E-state index in [0.717, 1.165) is 5.57 Å². The highest BCUT2D eigenvalue weighted by Crippen LogP contribution is 2.55. The van der Waals surface area contributed by atoms with Gasteiger partial charge in [-0.3, -0.25) is 0 Å². The quantitative estimate of drug-likeness (QED) is 0.432. The molecule has 0 aromatic heterocycles. The third-order valence-electron chi connectivity index (χ3n) is 7.12. The van der Waals surface area contributed by atoms with Crippen molar-refractivity contribution >= 4 is 0 Å². The average molecular weight is 370 g/mol. The van der Waals surface area contributed by atoms with Crippen LogP contribution in [0, 0.1) is 23.7 Å². The molecule has 0 amide bonds. The van der Waals surface area contributed by atoms with E-state index in [9.17, 15) is 25.5 Å². The molecule has 2 heterocycles. The first kappa shape index (κ1) is 20.2. The van der Waals surface area contributed by atoms with Crippen LogP contribution in [0.15, 0.2) is 11.6 Å². The Bertz CT molecular complexity index is 569. The number of aliphatic hydroxyl groups excluding tert-OH is 3. The Kier molecular flexibility index (Phi) is 5.09. The zero-order chi connectivity index (χ0) is 19.6. The fourth-order valence-electron chi connectivity index (χ4n) is 5.61. The van der Waals surface area contributed by atoms with Crippen molar-refractivity contribution in [1.82, 2.24) is 0 Å². The summed E-state index contributed by atoms with van der Waals surface area (Å²) < 4.78 is 6.26. The van der Waals surface area contributed by atoms with E-state index in [1.54, 1.807) is 6.92 Å². The SMILES string of the molecule is CC1=CC2OC(C3C(C(C)C)C(O)C(O)C(C)(O)C23)C(C)(O)CCC1O. The summed E-state index contributed by atoms with van der Waals surface area (Å²) in [4.78, 5) is 0. The smallest absolute Gasteiger partial charge is 0.109 e. The van der Waals surface area contributed by atoms with E-state index in [1.165, 1.54) is 6.92 Å². The minimum atomic E-state index is -1.56. The Morgan fingerprint density at radius 3 is 2.35 bits per heavy atom. The summed E-state index contributed by atoms with van der Waals surface area (Å²) in [6, 6.07) is 0. The summed E-state index contributed by atoms with van der Waals surface area (Å²) in [5.41, 5.74) is -2.03. The van der Waals surface area contributed by atoms with Crippen LogP contribution in [0.25, 0.3) is 0 Å². The fourth-order valence-corrected chi connectivity index (χ4v) is 5.61. The van der Waals surface area contributed by atoms with E-state index < -0.39 is 47.6 Å². The lowest BCUT2D eigenvalue weighted by Crippen LogP contribution is -2.66. The third kappa shape index (κ3) is 2.95. The molecule has 1 aliphatic carbocycles. The Labute approximate surface area is 155 Å². The molecule has 3 rings (SSSR count). The molecule has 0 aromatic carbocycles. The van der Waals surface area contributed by atoms with Crippen molar-refractivity contribution in [1.29, 1.82) is 0 Å². The van der Waals surface area contributed by atoms with Gasteiger partial charge in [-0.2, -0.15) is 0 Å². The molecule has 2 bridgehead atoms. The highest BCUT2D eigenvalue weighted by Gasteiger charge is 2.66. The van der Waals surface area contributed by atoms with Crippen LogP contribution in [0.5, 0.6) is 0 Å². The van der Waals surface area contributed by atoms with Gasteiger partial charge in [-0.05, 0) is 51.0 Å². The summed E-state index contributed by atoms with van der Waals surface area (Å²) in [5.74, 6) is -1.05. The van der Waals surface area contributed by atoms with Gasteiger partial charge >= 0.3 is 0 Å². The predicted molar refractivity (Wildman–Crippen MR) is 96.2 cm³/mol. The second-order valence-corrected chi connectivity index (χ2v) is 9.43. The molecule has 26 heavy (non-hydrogen) atoms. The first-order chi connectivity index (χ1) is 11.9. The lowest BCUT2D eigenvalue weighted by molar-refractivity contribution is -0.217. The molecule has 2 fully saturated rings. The minimum absolute atomic E-state index is 0.0440. The van der Waals surface area contributed by atoms with Crippen LogP contribution in [0.1, 0.15) is 47.5 Å². The lowest BCUT2D eigenvalue weighted by atomic mass is 9.56. The Hall–Kier alpha value is -0.500. The molecule has 2 aliphatic heterocycles. The van der Waals surface area contributed by atoms with Crippen molar-refractivity contribution in [2.75, 3.05) is 0 Å². The first-order valence-electron chi connectivity index (χ1n) is 9.72. The zero-order valence-electron chi connectivity index (χ0n) is 16.3. The molecule has 5 N–H and O–H groups in total. The maximum atomic E-state index is 11.2. The minimum Gasteiger partial charge on any atom is -0.390 e. The van der Waals surface area contributed by atoms with Gasteiger partial charge in [0.1, 0.15) is 6.10 Å². The van der Waals surface area contributed by atoms with Gasteiger partial charge in [0.25, 0.3) is 0 Å². The summed E-state index contributed by atoms with van der Waals surface area (Å²) in [6.45, 7) is 9.02. The van der Waals surface area contributed by atoms with Crippen molar-refractivity contribution in [3.63, 3.8) is 0 Å². The molecule has 1 saturated heterocycles. The van der Waals surface area contributed by atoms with Crippen LogP contribution in [0.2, 0.25) is 0 Å². The standard InChI is InChI=1S/C20H34O6/c1-9(2)13-14-15(20(5,25)17(23)16(13)22)12-8-10(3)11(21)6-7-19(4,24)18(14)26-12/h8-9,11-18,21-25H,6-7H2,1-5H3. The van der Waals surface area contributed by atoms with Gasteiger partial charge in [-0.15, -0.1) is 0 Å². The maximum absolute atomic E-state index is 11.2. The number of rotatable bonds is 1. The van der Waals surface area contributed by atoms with Crippen molar-refractivity contribution in [2.45, 2.75) is 89.2 Å². The molecule has 6 nitrogen and oxygen atoms in total. The van der Waals surface area contributed by atoms with E-state index in [4.69, 9.17) is 4.74 Å². The van der Waals surface area contributed by atoms with Crippen LogP contribution in [-0.4, -0.2) is 67.3 Å². The summed E-state index contributed by atoms with van der Waals surface area (Å²) in [5, 5.41) is 54.1. The summed E-state index contributed by atoms with van der Waals surface area (Å²) in [7, 11) is 0. The Balaban J connectivity index is 2.16. The molecule has 150 valence electrons. The van der Waals surface area contributed by atoms with Crippen LogP contribution in [0.3, 0.4) is 0 Å². The third-order valence-corrected chi connectivity index (χ3v) is 7.12. The van der Waals surface area contributed by atoms with Crippen LogP contribution < -0.4 is 0 Å². The molecule has 0 spiro atoms. The number of aliphatic hydroxyl groups is 5. The van der Waals surface area contributed by atoms with Crippen molar-refractivity contribution in [2.24, 2.45) is 23.7 Å².